The SMILES string of the molecule is N#Cc1cc(F)c(NC2CCC(N(Cc3ccccc3)C(=O)O)CC2)nc1Cl. The van der Waals surface area contributed by atoms with E-state index in [0.29, 0.717) is 32.2 Å². The molecular weight excluding hydrogens is 383 g/mol. The van der Waals surface area contributed by atoms with Gasteiger partial charge in [-0.2, -0.15) is 5.26 Å². The molecule has 6 nitrogen and oxygen atoms in total. The largest absolute Gasteiger partial charge is 0.465 e. The number of hydrogen-bond donors (Lipinski definition) is 2. The molecule has 1 fully saturated rings. The molecule has 1 aliphatic carbocycles. The lowest BCUT2D eigenvalue weighted by molar-refractivity contribution is 0.105. The number of nitrogens with one attached hydrogen (secondary N) is 1. The molecule has 3 rings (SSSR count). The van der Waals surface area contributed by atoms with E-state index in [1.165, 1.54) is 4.90 Å². The van der Waals surface area contributed by atoms with Gasteiger partial charge in [-0.1, -0.05) is 41.9 Å². The van der Waals surface area contributed by atoms with Crippen LogP contribution in [-0.2, 0) is 6.54 Å². The Bertz CT molecular complexity index is 880. The van der Waals surface area contributed by atoms with Crippen molar-refractivity contribution in [3.8, 4) is 6.07 Å². The molecule has 1 amide bonds. The third-order valence-corrected chi connectivity index (χ3v) is 5.26. The Morgan fingerprint density at radius 3 is 2.61 bits per heavy atom. The first kappa shape index (κ1) is 19.9. The fourth-order valence-electron chi connectivity index (χ4n) is 3.50. The molecule has 28 heavy (non-hydrogen) atoms. The van der Waals surface area contributed by atoms with Gasteiger partial charge in [0.05, 0.1) is 5.56 Å². The summed E-state index contributed by atoms with van der Waals surface area (Å²) in [6.45, 7) is 0.348. The van der Waals surface area contributed by atoms with Gasteiger partial charge in [0.15, 0.2) is 11.6 Å². The van der Waals surface area contributed by atoms with Crippen LogP contribution >= 0.6 is 11.6 Å². The quantitative estimate of drug-likeness (QED) is 0.710. The molecule has 0 radical (unpaired) electrons. The molecule has 0 saturated heterocycles. The van der Waals surface area contributed by atoms with Gasteiger partial charge in [-0.3, -0.25) is 0 Å². The number of benzene rings is 1. The Morgan fingerprint density at radius 1 is 1.32 bits per heavy atom. The van der Waals surface area contributed by atoms with Crippen molar-refractivity contribution in [2.75, 3.05) is 5.32 Å². The first-order valence-corrected chi connectivity index (χ1v) is 9.42. The van der Waals surface area contributed by atoms with E-state index in [-0.39, 0.29) is 28.6 Å². The highest BCUT2D eigenvalue weighted by molar-refractivity contribution is 6.30. The van der Waals surface area contributed by atoms with Crippen molar-refractivity contribution in [1.82, 2.24) is 9.88 Å². The van der Waals surface area contributed by atoms with Gasteiger partial charge < -0.3 is 15.3 Å². The molecule has 1 saturated carbocycles. The minimum atomic E-state index is -0.938. The van der Waals surface area contributed by atoms with Crippen LogP contribution < -0.4 is 5.32 Å². The zero-order valence-electron chi connectivity index (χ0n) is 15.1. The van der Waals surface area contributed by atoms with Crippen LogP contribution in [0.4, 0.5) is 15.0 Å². The summed E-state index contributed by atoms with van der Waals surface area (Å²) in [6.07, 6.45) is 1.77. The summed E-state index contributed by atoms with van der Waals surface area (Å²) in [4.78, 5) is 17.1. The van der Waals surface area contributed by atoms with Gasteiger partial charge in [0, 0.05) is 18.6 Å². The summed E-state index contributed by atoms with van der Waals surface area (Å²) >= 11 is 5.88. The second-order valence-electron chi connectivity index (χ2n) is 6.81. The molecule has 1 aliphatic rings. The summed E-state index contributed by atoms with van der Waals surface area (Å²) in [6, 6.07) is 12.2. The van der Waals surface area contributed by atoms with E-state index in [2.05, 4.69) is 10.3 Å². The number of rotatable bonds is 5. The van der Waals surface area contributed by atoms with Gasteiger partial charge in [0.1, 0.15) is 11.2 Å². The molecule has 0 aliphatic heterocycles. The van der Waals surface area contributed by atoms with Gasteiger partial charge in [-0.25, -0.2) is 14.2 Å². The van der Waals surface area contributed by atoms with Crippen molar-refractivity contribution >= 4 is 23.5 Å². The number of carbonyl (C=O) groups is 1. The number of amides is 1. The molecule has 1 aromatic heterocycles. The first-order chi connectivity index (χ1) is 13.5. The molecule has 0 atom stereocenters. The number of hydrogen-bond acceptors (Lipinski definition) is 4. The Kier molecular flexibility index (Phi) is 6.32. The predicted octanol–water partition coefficient (Wildman–Crippen LogP) is 4.65. The lowest BCUT2D eigenvalue weighted by Gasteiger charge is -2.35. The molecule has 0 spiro atoms. The normalized spacial score (nSPS) is 18.9. The Hall–Kier alpha value is -2.85. The lowest BCUT2D eigenvalue weighted by atomic mass is 9.90. The van der Waals surface area contributed by atoms with E-state index in [1.807, 2.05) is 30.3 Å². The zero-order valence-corrected chi connectivity index (χ0v) is 15.9. The molecule has 0 bridgehead atoms. The van der Waals surface area contributed by atoms with E-state index in [1.54, 1.807) is 6.07 Å². The Morgan fingerprint density at radius 2 is 2.00 bits per heavy atom. The molecular formula is C20H20ClFN4O2. The average molecular weight is 403 g/mol. The second-order valence-corrected chi connectivity index (χ2v) is 7.17. The Labute approximate surface area is 167 Å². The van der Waals surface area contributed by atoms with Crippen LogP contribution in [0.25, 0.3) is 0 Å². The fourth-order valence-corrected chi connectivity index (χ4v) is 3.69. The summed E-state index contributed by atoms with van der Waals surface area (Å²) in [5.74, 6) is -0.605. The number of nitriles is 1. The monoisotopic (exact) mass is 402 g/mol. The second kappa shape index (κ2) is 8.89. The topological polar surface area (TPSA) is 89.2 Å². The van der Waals surface area contributed by atoms with Gasteiger partial charge in [-0.05, 0) is 37.3 Å². The van der Waals surface area contributed by atoms with Crippen LogP contribution in [0.1, 0.15) is 36.8 Å². The zero-order chi connectivity index (χ0) is 20.1. The van der Waals surface area contributed by atoms with E-state index in [4.69, 9.17) is 16.9 Å². The van der Waals surface area contributed by atoms with Crippen LogP contribution in [0.15, 0.2) is 36.4 Å². The Balaban J connectivity index is 1.61. The summed E-state index contributed by atoms with van der Waals surface area (Å²) in [5, 5.41) is 21.5. The highest BCUT2D eigenvalue weighted by atomic mass is 35.5. The molecule has 2 N–H and O–H groups in total. The average Bonchev–Trinajstić information content (AvgIpc) is 2.70. The maximum absolute atomic E-state index is 14.1. The molecule has 2 aromatic rings. The minimum Gasteiger partial charge on any atom is -0.465 e. The first-order valence-electron chi connectivity index (χ1n) is 9.04. The van der Waals surface area contributed by atoms with Crippen LogP contribution in [0.3, 0.4) is 0 Å². The molecule has 1 aromatic carbocycles. The third kappa shape index (κ3) is 4.70. The van der Waals surface area contributed by atoms with Crippen LogP contribution in [-0.4, -0.2) is 33.2 Å². The highest BCUT2D eigenvalue weighted by Crippen LogP contribution is 2.28. The predicted molar refractivity (Wildman–Crippen MR) is 104 cm³/mol. The maximum Gasteiger partial charge on any atom is 0.407 e. The van der Waals surface area contributed by atoms with Crippen molar-refractivity contribution in [3.63, 3.8) is 0 Å². The lowest BCUT2D eigenvalue weighted by Crippen LogP contribution is -2.43. The van der Waals surface area contributed by atoms with E-state index < -0.39 is 11.9 Å². The number of anilines is 1. The smallest absolute Gasteiger partial charge is 0.407 e. The number of pyridine rings is 1. The van der Waals surface area contributed by atoms with Crippen LogP contribution in [0.2, 0.25) is 5.15 Å². The third-order valence-electron chi connectivity index (χ3n) is 4.97. The fraction of sp³-hybridized carbons (Fsp3) is 0.350. The van der Waals surface area contributed by atoms with E-state index in [9.17, 15) is 14.3 Å². The van der Waals surface area contributed by atoms with Gasteiger partial charge in [0.2, 0.25) is 0 Å². The maximum atomic E-state index is 14.1. The van der Waals surface area contributed by atoms with Crippen molar-refractivity contribution in [1.29, 1.82) is 5.26 Å². The van der Waals surface area contributed by atoms with Crippen molar-refractivity contribution in [3.05, 3.63) is 58.5 Å². The molecule has 0 unspecified atom stereocenters. The van der Waals surface area contributed by atoms with Crippen molar-refractivity contribution in [2.24, 2.45) is 0 Å². The summed E-state index contributed by atoms with van der Waals surface area (Å²) < 4.78 is 14.1. The van der Waals surface area contributed by atoms with Crippen LogP contribution in [0, 0.1) is 17.1 Å². The number of nitrogens with zero attached hydrogens (tertiary/aromatic N) is 3. The van der Waals surface area contributed by atoms with Gasteiger partial charge in [0.25, 0.3) is 0 Å². The summed E-state index contributed by atoms with van der Waals surface area (Å²) in [7, 11) is 0. The molecule has 8 heteroatoms. The minimum absolute atomic E-state index is 0.00793. The van der Waals surface area contributed by atoms with Crippen molar-refractivity contribution < 1.29 is 14.3 Å². The van der Waals surface area contributed by atoms with Crippen molar-refractivity contribution in [2.45, 2.75) is 44.3 Å². The standard InChI is InChI=1S/C20H20ClFN4O2/c21-18-14(11-23)10-17(22)19(25-18)24-15-6-8-16(9-7-15)26(20(27)28)12-13-4-2-1-3-5-13/h1-5,10,15-16H,6-9,12H2,(H,24,25)(H,27,28). The van der Waals surface area contributed by atoms with E-state index >= 15 is 0 Å². The molecule has 1 heterocycles. The van der Waals surface area contributed by atoms with Gasteiger partial charge >= 0.3 is 6.09 Å². The number of halogens is 2. The molecule has 146 valence electrons. The number of aromatic nitrogens is 1. The van der Waals surface area contributed by atoms with Gasteiger partial charge in [-0.15, -0.1) is 0 Å². The van der Waals surface area contributed by atoms with E-state index in [0.717, 1.165) is 11.6 Å². The highest BCUT2D eigenvalue weighted by Gasteiger charge is 2.29. The van der Waals surface area contributed by atoms with Crippen LogP contribution in [0.5, 0.6) is 0 Å². The number of carboxylic acid groups (broad SMARTS) is 1. The summed E-state index contributed by atoms with van der Waals surface area (Å²) in [5.41, 5.74) is 0.940.